The summed E-state index contributed by atoms with van der Waals surface area (Å²) in [5.41, 5.74) is 2.79. The minimum Gasteiger partial charge on any atom is -0.508 e. The minimum atomic E-state index is 0.264. The second-order valence-electron chi connectivity index (χ2n) is 3.17. The van der Waals surface area contributed by atoms with Gasteiger partial charge in [0.2, 0.25) is 0 Å². The predicted octanol–water partition coefficient (Wildman–Crippen LogP) is 2.10. The molecule has 0 radical (unpaired) electrons. The molecule has 1 aromatic carbocycles. The van der Waals surface area contributed by atoms with Gasteiger partial charge in [-0.05, 0) is 37.0 Å². The van der Waals surface area contributed by atoms with Crippen molar-refractivity contribution in [2.45, 2.75) is 19.3 Å². The zero-order valence-corrected chi connectivity index (χ0v) is 6.80. The van der Waals surface area contributed by atoms with Gasteiger partial charge < -0.3 is 10.5 Å². The van der Waals surface area contributed by atoms with Crippen LogP contribution in [0.1, 0.15) is 24.0 Å². The smallest absolute Gasteiger partial charge is 0.116 e. The molecule has 2 N–H and O–H groups in total. The molecule has 0 heterocycles. The van der Waals surface area contributed by atoms with Crippen LogP contribution in [0.25, 0.3) is 0 Å². The highest BCUT2D eigenvalue weighted by molar-refractivity contribution is 6.00. The SMILES string of the molecule is N=C1CCCc2ccc(O)cc21. The molecule has 1 aromatic rings. The molecular formula is C10H11NO. The Morgan fingerprint density at radius 3 is 2.92 bits per heavy atom. The summed E-state index contributed by atoms with van der Waals surface area (Å²) in [6.07, 6.45) is 2.95. The van der Waals surface area contributed by atoms with E-state index in [1.54, 1.807) is 12.1 Å². The van der Waals surface area contributed by atoms with E-state index in [9.17, 15) is 5.11 Å². The molecule has 2 nitrogen and oxygen atoms in total. The van der Waals surface area contributed by atoms with Crippen molar-refractivity contribution in [1.29, 1.82) is 5.41 Å². The fraction of sp³-hybridized carbons (Fsp3) is 0.300. The van der Waals surface area contributed by atoms with Gasteiger partial charge in [-0.3, -0.25) is 0 Å². The molecule has 62 valence electrons. The lowest BCUT2D eigenvalue weighted by Gasteiger charge is -2.16. The first-order chi connectivity index (χ1) is 5.77. The van der Waals surface area contributed by atoms with Crippen molar-refractivity contribution in [2.75, 3.05) is 0 Å². The summed E-state index contributed by atoms with van der Waals surface area (Å²) in [7, 11) is 0. The maximum atomic E-state index is 9.21. The highest BCUT2D eigenvalue weighted by Crippen LogP contribution is 2.24. The molecule has 0 bridgehead atoms. The normalized spacial score (nSPS) is 15.8. The molecule has 12 heavy (non-hydrogen) atoms. The van der Waals surface area contributed by atoms with E-state index in [-0.39, 0.29) is 5.75 Å². The Morgan fingerprint density at radius 2 is 2.08 bits per heavy atom. The number of nitrogens with one attached hydrogen (secondary N) is 1. The number of phenolic OH excluding ortho intramolecular Hbond substituents is 1. The molecule has 0 aromatic heterocycles. The number of rotatable bonds is 0. The van der Waals surface area contributed by atoms with Crippen molar-refractivity contribution in [3.63, 3.8) is 0 Å². The lowest BCUT2D eigenvalue weighted by Crippen LogP contribution is -2.09. The van der Waals surface area contributed by atoms with Crippen molar-refractivity contribution in [3.8, 4) is 5.75 Å². The van der Waals surface area contributed by atoms with Crippen LogP contribution in [0, 0.1) is 5.41 Å². The van der Waals surface area contributed by atoms with Gasteiger partial charge in [0.05, 0.1) is 0 Å². The summed E-state index contributed by atoms with van der Waals surface area (Å²) >= 11 is 0. The molecule has 2 heteroatoms. The molecule has 0 aliphatic heterocycles. The Morgan fingerprint density at radius 1 is 1.25 bits per heavy atom. The van der Waals surface area contributed by atoms with Crippen LogP contribution in [0.4, 0.5) is 0 Å². The van der Waals surface area contributed by atoms with Crippen LogP contribution in [0.5, 0.6) is 5.75 Å². The van der Waals surface area contributed by atoms with Gasteiger partial charge in [-0.1, -0.05) is 6.07 Å². The van der Waals surface area contributed by atoms with Gasteiger partial charge in [-0.25, -0.2) is 0 Å². The number of phenols is 1. The van der Waals surface area contributed by atoms with Gasteiger partial charge in [0.1, 0.15) is 5.75 Å². The summed E-state index contributed by atoms with van der Waals surface area (Å²) in [5.74, 6) is 0.264. The van der Waals surface area contributed by atoms with Crippen molar-refractivity contribution < 1.29 is 5.11 Å². The molecule has 1 aliphatic rings. The summed E-state index contributed by atoms with van der Waals surface area (Å²) in [5, 5.41) is 16.9. The fourth-order valence-electron chi connectivity index (χ4n) is 1.65. The van der Waals surface area contributed by atoms with Crippen LogP contribution in [-0.2, 0) is 6.42 Å². The third kappa shape index (κ3) is 1.09. The largest absolute Gasteiger partial charge is 0.508 e. The van der Waals surface area contributed by atoms with Crippen molar-refractivity contribution in [1.82, 2.24) is 0 Å². The van der Waals surface area contributed by atoms with Crippen LogP contribution in [0.3, 0.4) is 0 Å². The molecule has 0 saturated carbocycles. The van der Waals surface area contributed by atoms with Gasteiger partial charge in [0.15, 0.2) is 0 Å². The number of aromatic hydroxyl groups is 1. The fourth-order valence-corrected chi connectivity index (χ4v) is 1.65. The molecule has 0 unspecified atom stereocenters. The van der Waals surface area contributed by atoms with Gasteiger partial charge in [-0.2, -0.15) is 0 Å². The Kier molecular flexibility index (Phi) is 1.61. The first kappa shape index (κ1) is 7.35. The average Bonchev–Trinajstić information content (AvgIpc) is 2.07. The standard InChI is InChI=1S/C10H11NO/c11-10-3-1-2-7-4-5-8(12)6-9(7)10/h4-6,11-12H,1-3H2. The first-order valence-corrected chi connectivity index (χ1v) is 4.17. The summed E-state index contributed by atoms with van der Waals surface area (Å²) in [6.45, 7) is 0. The van der Waals surface area contributed by atoms with Crippen LogP contribution < -0.4 is 0 Å². The van der Waals surface area contributed by atoms with Crippen molar-refractivity contribution in [3.05, 3.63) is 29.3 Å². The van der Waals surface area contributed by atoms with Gasteiger partial charge in [0, 0.05) is 11.3 Å². The summed E-state index contributed by atoms with van der Waals surface area (Å²) < 4.78 is 0. The average molecular weight is 161 g/mol. The van der Waals surface area contributed by atoms with Crippen LogP contribution in [-0.4, -0.2) is 10.8 Å². The van der Waals surface area contributed by atoms with Gasteiger partial charge in [0.25, 0.3) is 0 Å². The highest BCUT2D eigenvalue weighted by Gasteiger charge is 2.13. The topological polar surface area (TPSA) is 44.1 Å². The van der Waals surface area contributed by atoms with Crippen LogP contribution in [0.15, 0.2) is 18.2 Å². The monoisotopic (exact) mass is 161 g/mol. The van der Waals surface area contributed by atoms with E-state index >= 15 is 0 Å². The molecule has 2 rings (SSSR count). The number of benzene rings is 1. The van der Waals surface area contributed by atoms with E-state index in [0.717, 1.165) is 24.8 Å². The second-order valence-corrected chi connectivity index (χ2v) is 3.17. The summed E-state index contributed by atoms with van der Waals surface area (Å²) in [4.78, 5) is 0. The Labute approximate surface area is 71.4 Å². The number of hydrogen-bond acceptors (Lipinski definition) is 2. The molecule has 0 saturated heterocycles. The number of aryl methyl sites for hydroxylation is 1. The zero-order valence-electron chi connectivity index (χ0n) is 6.80. The van der Waals surface area contributed by atoms with E-state index in [0.29, 0.717) is 5.71 Å². The lowest BCUT2D eigenvalue weighted by molar-refractivity contribution is 0.474. The third-order valence-electron chi connectivity index (χ3n) is 2.29. The third-order valence-corrected chi connectivity index (χ3v) is 2.29. The van der Waals surface area contributed by atoms with E-state index in [2.05, 4.69) is 0 Å². The molecule has 0 spiro atoms. The maximum absolute atomic E-state index is 9.21. The van der Waals surface area contributed by atoms with E-state index in [1.807, 2.05) is 6.07 Å². The van der Waals surface area contributed by atoms with Crippen LogP contribution in [0.2, 0.25) is 0 Å². The van der Waals surface area contributed by atoms with Crippen LogP contribution >= 0.6 is 0 Å². The minimum absolute atomic E-state index is 0.264. The lowest BCUT2D eigenvalue weighted by atomic mass is 9.90. The zero-order chi connectivity index (χ0) is 8.55. The number of fused-ring (bicyclic) bond motifs is 1. The molecule has 0 atom stereocenters. The second kappa shape index (κ2) is 2.63. The van der Waals surface area contributed by atoms with Gasteiger partial charge in [-0.15, -0.1) is 0 Å². The Balaban J connectivity index is 2.54. The maximum Gasteiger partial charge on any atom is 0.116 e. The van der Waals surface area contributed by atoms with Crippen molar-refractivity contribution >= 4 is 5.71 Å². The molecule has 0 fully saturated rings. The van der Waals surface area contributed by atoms with E-state index in [1.165, 1.54) is 5.56 Å². The summed E-state index contributed by atoms with van der Waals surface area (Å²) in [6, 6.07) is 5.30. The molecule has 1 aliphatic carbocycles. The Bertz CT molecular complexity index is 331. The number of hydrogen-bond donors (Lipinski definition) is 2. The highest BCUT2D eigenvalue weighted by atomic mass is 16.3. The first-order valence-electron chi connectivity index (χ1n) is 4.17. The molecular weight excluding hydrogens is 150 g/mol. The quantitative estimate of drug-likeness (QED) is 0.601. The van der Waals surface area contributed by atoms with E-state index < -0.39 is 0 Å². The predicted molar refractivity (Wildman–Crippen MR) is 47.9 cm³/mol. The van der Waals surface area contributed by atoms with Crippen molar-refractivity contribution in [2.24, 2.45) is 0 Å². The van der Waals surface area contributed by atoms with E-state index in [4.69, 9.17) is 5.41 Å². The van der Waals surface area contributed by atoms with Gasteiger partial charge >= 0.3 is 0 Å². The Hall–Kier alpha value is -1.31. The molecule has 0 amide bonds.